The lowest BCUT2D eigenvalue weighted by Crippen LogP contribution is -2.45. The van der Waals surface area contributed by atoms with Crippen LogP contribution in [-0.4, -0.2) is 37.1 Å². The highest BCUT2D eigenvalue weighted by Gasteiger charge is 2.18. The van der Waals surface area contributed by atoms with Crippen LogP contribution in [0.3, 0.4) is 0 Å². The highest BCUT2D eigenvalue weighted by Crippen LogP contribution is 2.10. The molecule has 1 unspecified atom stereocenters. The van der Waals surface area contributed by atoms with E-state index in [-0.39, 0.29) is 0 Å². The maximum atomic E-state index is 3.49. The fourth-order valence-corrected chi connectivity index (χ4v) is 2.57. The molecule has 0 radical (unpaired) electrons. The van der Waals surface area contributed by atoms with E-state index in [4.69, 9.17) is 0 Å². The number of rotatable bonds is 5. The molecule has 2 heteroatoms. The van der Waals surface area contributed by atoms with Crippen molar-refractivity contribution in [3.8, 4) is 0 Å². The smallest absolute Gasteiger partial charge is 0.0224 e. The number of hydrogen-bond donors (Lipinski definition) is 1. The Labute approximate surface area is 111 Å². The topological polar surface area (TPSA) is 15.3 Å². The lowest BCUT2D eigenvalue weighted by molar-refractivity contribution is 0.192. The summed E-state index contributed by atoms with van der Waals surface area (Å²) in [5.74, 6) is 0. The van der Waals surface area contributed by atoms with Crippen LogP contribution in [0.1, 0.15) is 25.3 Å². The zero-order valence-corrected chi connectivity index (χ0v) is 11.3. The van der Waals surface area contributed by atoms with Crippen molar-refractivity contribution in [1.82, 2.24) is 10.2 Å². The molecule has 0 saturated carbocycles. The summed E-state index contributed by atoms with van der Waals surface area (Å²) in [6.07, 6.45) is 7.15. The lowest BCUT2D eigenvalue weighted by atomic mass is 10.1. The van der Waals surface area contributed by atoms with Gasteiger partial charge in [0.2, 0.25) is 0 Å². The summed E-state index contributed by atoms with van der Waals surface area (Å²) in [5.41, 5.74) is 1.29. The molecule has 1 fully saturated rings. The van der Waals surface area contributed by atoms with Gasteiger partial charge in [-0.1, -0.05) is 49.4 Å². The Bertz CT molecular complexity index is 353. The Morgan fingerprint density at radius 1 is 1.33 bits per heavy atom. The van der Waals surface area contributed by atoms with Gasteiger partial charge in [-0.2, -0.15) is 0 Å². The first-order chi connectivity index (χ1) is 8.90. The van der Waals surface area contributed by atoms with Crippen LogP contribution in [0.15, 0.2) is 36.4 Å². The molecule has 2 nitrogen and oxygen atoms in total. The van der Waals surface area contributed by atoms with E-state index < -0.39 is 0 Å². The Morgan fingerprint density at radius 2 is 2.17 bits per heavy atom. The molecule has 1 aliphatic rings. The summed E-state index contributed by atoms with van der Waals surface area (Å²) in [6, 6.07) is 11.2. The van der Waals surface area contributed by atoms with E-state index in [9.17, 15) is 0 Å². The SMILES string of the molecule is CCN(CC=Cc1ccccc1)C1CCCNC1. The Hall–Kier alpha value is -1.12. The van der Waals surface area contributed by atoms with Gasteiger partial charge >= 0.3 is 0 Å². The molecule has 1 saturated heterocycles. The summed E-state index contributed by atoms with van der Waals surface area (Å²) in [5, 5.41) is 3.49. The fraction of sp³-hybridized carbons (Fsp3) is 0.500. The summed E-state index contributed by atoms with van der Waals surface area (Å²) in [6.45, 7) is 6.77. The van der Waals surface area contributed by atoms with Crippen molar-refractivity contribution < 1.29 is 0 Å². The number of piperidine rings is 1. The van der Waals surface area contributed by atoms with E-state index in [0.717, 1.165) is 19.6 Å². The molecule has 1 aliphatic heterocycles. The van der Waals surface area contributed by atoms with Crippen LogP contribution < -0.4 is 5.32 Å². The van der Waals surface area contributed by atoms with Gasteiger partial charge in [-0.3, -0.25) is 4.90 Å². The Morgan fingerprint density at radius 3 is 2.83 bits per heavy atom. The van der Waals surface area contributed by atoms with Gasteiger partial charge in [0.1, 0.15) is 0 Å². The normalized spacial score (nSPS) is 20.7. The van der Waals surface area contributed by atoms with Crippen LogP contribution in [0.25, 0.3) is 6.08 Å². The van der Waals surface area contributed by atoms with Gasteiger partial charge in [0, 0.05) is 19.1 Å². The van der Waals surface area contributed by atoms with Crippen LogP contribution in [-0.2, 0) is 0 Å². The summed E-state index contributed by atoms with van der Waals surface area (Å²) in [7, 11) is 0. The zero-order chi connectivity index (χ0) is 12.6. The van der Waals surface area contributed by atoms with Crippen molar-refractivity contribution in [3.05, 3.63) is 42.0 Å². The second kappa shape index (κ2) is 7.34. The monoisotopic (exact) mass is 244 g/mol. The minimum Gasteiger partial charge on any atom is -0.315 e. The number of nitrogens with zero attached hydrogens (tertiary/aromatic N) is 1. The van der Waals surface area contributed by atoms with Gasteiger partial charge < -0.3 is 5.32 Å². The van der Waals surface area contributed by atoms with Gasteiger partial charge in [0.15, 0.2) is 0 Å². The molecule has 2 rings (SSSR count). The molecule has 18 heavy (non-hydrogen) atoms. The van der Waals surface area contributed by atoms with Crippen molar-refractivity contribution in [3.63, 3.8) is 0 Å². The standard InChI is InChI=1S/C16H24N2/c1-2-18(16-11-6-12-17-14-16)13-7-10-15-8-4-3-5-9-15/h3-5,7-10,16-17H,2,6,11-14H2,1H3. The third kappa shape index (κ3) is 3.97. The second-order valence-corrected chi connectivity index (χ2v) is 4.90. The van der Waals surface area contributed by atoms with E-state index in [0.29, 0.717) is 6.04 Å². The van der Waals surface area contributed by atoms with Crippen LogP contribution >= 0.6 is 0 Å². The highest BCUT2D eigenvalue weighted by atomic mass is 15.2. The molecular weight excluding hydrogens is 220 g/mol. The molecule has 1 atom stereocenters. The minimum absolute atomic E-state index is 0.712. The van der Waals surface area contributed by atoms with Crippen LogP contribution in [0, 0.1) is 0 Å². The molecule has 0 bridgehead atoms. The van der Waals surface area contributed by atoms with Gasteiger partial charge in [-0.05, 0) is 31.5 Å². The van der Waals surface area contributed by atoms with Crippen molar-refractivity contribution in [1.29, 1.82) is 0 Å². The quantitative estimate of drug-likeness (QED) is 0.857. The number of hydrogen-bond acceptors (Lipinski definition) is 2. The van der Waals surface area contributed by atoms with E-state index in [1.165, 1.54) is 24.9 Å². The molecule has 0 aliphatic carbocycles. The van der Waals surface area contributed by atoms with Crippen molar-refractivity contribution in [2.75, 3.05) is 26.2 Å². The molecule has 1 aromatic rings. The van der Waals surface area contributed by atoms with Gasteiger partial charge in [0.05, 0.1) is 0 Å². The van der Waals surface area contributed by atoms with Crippen LogP contribution in [0.4, 0.5) is 0 Å². The van der Waals surface area contributed by atoms with E-state index in [2.05, 4.69) is 59.6 Å². The van der Waals surface area contributed by atoms with Crippen LogP contribution in [0.2, 0.25) is 0 Å². The van der Waals surface area contributed by atoms with E-state index in [1.807, 2.05) is 0 Å². The number of benzene rings is 1. The molecule has 1 N–H and O–H groups in total. The van der Waals surface area contributed by atoms with Crippen LogP contribution in [0.5, 0.6) is 0 Å². The van der Waals surface area contributed by atoms with Crippen molar-refractivity contribution in [2.24, 2.45) is 0 Å². The summed E-state index contributed by atoms with van der Waals surface area (Å²) < 4.78 is 0. The largest absolute Gasteiger partial charge is 0.315 e. The Kier molecular flexibility index (Phi) is 5.43. The molecule has 98 valence electrons. The summed E-state index contributed by atoms with van der Waals surface area (Å²) >= 11 is 0. The second-order valence-electron chi connectivity index (χ2n) is 4.90. The first kappa shape index (κ1) is 13.3. The van der Waals surface area contributed by atoms with Gasteiger partial charge in [-0.25, -0.2) is 0 Å². The van der Waals surface area contributed by atoms with E-state index in [1.54, 1.807) is 0 Å². The predicted molar refractivity (Wildman–Crippen MR) is 78.6 cm³/mol. The van der Waals surface area contributed by atoms with Crippen molar-refractivity contribution in [2.45, 2.75) is 25.8 Å². The first-order valence-electron chi connectivity index (χ1n) is 7.06. The molecule has 0 amide bonds. The third-order valence-electron chi connectivity index (χ3n) is 3.64. The number of likely N-dealkylation sites (N-methyl/N-ethyl adjacent to an activating group) is 1. The average Bonchev–Trinajstić information content (AvgIpc) is 2.46. The minimum atomic E-state index is 0.712. The maximum absolute atomic E-state index is 3.49. The molecule has 1 aromatic carbocycles. The van der Waals surface area contributed by atoms with Crippen molar-refractivity contribution >= 4 is 6.08 Å². The summed E-state index contributed by atoms with van der Waals surface area (Å²) in [4.78, 5) is 2.56. The molecular formula is C16H24N2. The molecule has 0 aromatic heterocycles. The number of nitrogens with one attached hydrogen (secondary N) is 1. The maximum Gasteiger partial charge on any atom is 0.0224 e. The lowest BCUT2D eigenvalue weighted by Gasteiger charge is -2.33. The Balaban J connectivity index is 1.84. The predicted octanol–water partition coefficient (Wildman–Crippen LogP) is 2.77. The molecule has 0 spiro atoms. The fourth-order valence-electron chi connectivity index (χ4n) is 2.57. The highest BCUT2D eigenvalue weighted by molar-refractivity contribution is 5.48. The van der Waals surface area contributed by atoms with E-state index >= 15 is 0 Å². The zero-order valence-electron chi connectivity index (χ0n) is 11.3. The first-order valence-corrected chi connectivity index (χ1v) is 7.06. The van der Waals surface area contributed by atoms with Gasteiger partial charge in [-0.15, -0.1) is 0 Å². The third-order valence-corrected chi connectivity index (χ3v) is 3.64. The van der Waals surface area contributed by atoms with Gasteiger partial charge in [0.25, 0.3) is 0 Å². The average molecular weight is 244 g/mol. The molecule has 1 heterocycles.